The Labute approximate surface area is 119 Å². The first-order valence-corrected chi connectivity index (χ1v) is 8.16. The zero-order valence-corrected chi connectivity index (χ0v) is 12.6. The van der Waals surface area contributed by atoms with Crippen LogP contribution in [0, 0.1) is 5.92 Å². The number of carbonyl (C=O) groups excluding carboxylic acids is 2. The average molecular weight is 282 g/mol. The predicted molar refractivity (Wildman–Crippen MR) is 76.9 cm³/mol. The van der Waals surface area contributed by atoms with Crippen LogP contribution >= 0.6 is 11.8 Å². The van der Waals surface area contributed by atoms with Gasteiger partial charge in [-0.15, -0.1) is 0 Å². The van der Waals surface area contributed by atoms with Crippen molar-refractivity contribution in [1.82, 2.24) is 0 Å². The quantitative estimate of drug-likeness (QED) is 0.700. The van der Waals surface area contributed by atoms with Gasteiger partial charge in [-0.25, -0.2) is 0 Å². The molecule has 0 aromatic rings. The SMILES string of the molecule is CCCC(=O)OC1=CC(=O)CC(C2(SCC)CC2)C1. The average Bonchev–Trinajstić information content (AvgIpc) is 3.10. The lowest BCUT2D eigenvalue weighted by atomic mass is 9.87. The van der Waals surface area contributed by atoms with Crippen molar-refractivity contribution in [2.24, 2.45) is 5.92 Å². The Balaban J connectivity index is 1.98. The second-order valence-electron chi connectivity index (χ2n) is 5.40. The van der Waals surface area contributed by atoms with Crippen LogP contribution in [0.2, 0.25) is 0 Å². The van der Waals surface area contributed by atoms with Gasteiger partial charge in [0.1, 0.15) is 5.76 Å². The van der Waals surface area contributed by atoms with E-state index in [1.54, 1.807) is 0 Å². The monoisotopic (exact) mass is 282 g/mol. The highest BCUT2D eigenvalue weighted by molar-refractivity contribution is 8.00. The lowest BCUT2D eigenvalue weighted by molar-refractivity contribution is -0.140. The second-order valence-corrected chi connectivity index (χ2v) is 7.08. The van der Waals surface area contributed by atoms with Crippen LogP contribution < -0.4 is 0 Å². The van der Waals surface area contributed by atoms with Gasteiger partial charge in [0, 0.05) is 30.1 Å². The number of rotatable bonds is 6. The number of ether oxygens (including phenoxy) is 1. The normalized spacial score (nSPS) is 24.8. The summed E-state index contributed by atoms with van der Waals surface area (Å²) in [4.78, 5) is 23.4. The molecule has 2 aliphatic carbocycles. The number of thioether (sulfide) groups is 1. The number of carbonyl (C=O) groups is 2. The topological polar surface area (TPSA) is 43.4 Å². The summed E-state index contributed by atoms with van der Waals surface area (Å²) in [6.07, 6.45) is 6.47. The summed E-state index contributed by atoms with van der Waals surface area (Å²) >= 11 is 1.96. The number of hydrogen-bond acceptors (Lipinski definition) is 4. The molecular weight excluding hydrogens is 260 g/mol. The van der Waals surface area contributed by atoms with Gasteiger partial charge in [-0.05, 0) is 30.9 Å². The van der Waals surface area contributed by atoms with E-state index >= 15 is 0 Å². The van der Waals surface area contributed by atoms with E-state index < -0.39 is 0 Å². The molecule has 0 aromatic heterocycles. The standard InChI is InChI=1S/C15H22O3S/c1-3-5-14(17)18-13-9-11(8-12(16)10-13)15(6-7-15)19-4-2/h10-11H,3-9H2,1-2H3. The van der Waals surface area contributed by atoms with Crippen molar-refractivity contribution >= 4 is 23.5 Å². The summed E-state index contributed by atoms with van der Waals surface area (Å²) < 4.78 is 5.60. The predicted octanol–water partition coefficient (Wildman–Crippen LogP) is 3.48. The third-order valence-corrected chi connectivity index (χ3v) is 5.44. The fourth-order valence-electron chi connectivity index (χ4n) is 2.78. The first-order valence-electron chi connectivity index (χ1n) is 7.17. The van der Waals surface area contributed by atoms with Crippen LogP contribution in [0.3, 0.4) is 0 Å². The number of allylic oxidation sites excluding steroid dienone is 2. The summed E-state index contributed by atoms with van der Waals surface area (Å²) in [6.45, 7) is 4.11. The number of hydrogen-bond donors (Lipinski definition) is 0. The highest BCUT2D eigenvalue weighted by atomic mass is 32.2. The molecule has 1 atom stereocenters. The van der Waals surface area contributed by atoms with Gasteiger partial charge in [0.2, 0.25) is 0 Å². The summed E-state index contributed by atoms with van der Waals surface area (Å²) in [7, 11) is 0. The van der Waals surface area contributed by atoms with Crippen LogP contribution in [0.25, 0.3) is 0 Å². The Kier molecular flexibility index (Phi) is 4.71. The summed E-state index contributed by atoms with van der Waals surface area (Å²) in [5.41, 5.74) is 0. The molecule has 4 heteroatoms. The molecule has 0 saturated heterocycles. The highest BCUT2D eigenvalue weighted by Gasteiger charge is 2.50. The fraction of sp³-hybridized carbons (Fsp3) is 0.733. The fourth-order valence-corrected chi connectivity index (χ4v) is 4.15. The Morgan fingerprint density at radius 2 is 2.16 bits per heavy atom. The maximum Gasteiger partial charge on any atom is 0.310 e. The molecule has 0 N–H and O–H groups in total. The minimum absolute atomic E-state index is 0.110. The lowest BCUT2D eigenvalue weighted by Crippen LogP contribution is -2.27. The molecule has 1 fully saturated rings. The number of ketones is 1. The van der Waals surface area contributed by atoms with Crippen LogP contribution in [-0.4, -0.2) is 22.3 Å². The lowest BCUT2D eigenvalue weighted by Gasteiger charge is -2.29. The van der Waals surface area contributed by atoms with Crippen molar-refractivity contribution in [3.63, 3.8) is 0 Å². The summed E-state index contributed by atoms with van der Waals surface area (Å²) in [6, 6.07) is 0. The van der Waals surface area contributed by atoms with Crippen LogP contribution in [-0.2, 0) is 14.3 Å². The molecule has 0 bridgehead atoms. The van der Waals surface area contributed by atoms with Crippen LogP contribution in [0.1, 0.15) is 52.4 Å². The number of esters is 1. The van der Waals surface area contributed by atoms with E-state index in [4.69, 9.17) is 4.74 Å². The summed E-state index contributed by atoms with van der Waals surface area (Å²) in [5.74, 6) is 1.91. The molecule has 0 spiro atoms. The van der Waals surface area contributed by atoms with E-state index in [0.717, 1.165) is 18.6 Å². The molecule has 2 aliphatic rings. The molecule has 106 valence electrons. The van der Waals surface area contributed by atoms with Crippen molar-refractivity contribution in [2.75, 3.05) is 5.75 Å². The minimum atomic E-state index is -0.213. The second kappa shape index (κ2) is 6.12. The van der Waals surface area contributed by atoms with Gasteiger partial charge in [0.15, 0.2) is 5.78 Å². The van der Waals surface area contributed by atoms with Crippen molar-refractivity contribution in [3.8, 4) is 0 Å². The maximum atomic E-state index is 11.8. The minimum Gasteiger partial charge on any atom is -0.431 e. The highest BCUT2D eigenvalue weighted by Crippen LogP contribution is 2.57. The van der Waals surface area contributed by atoms with Crippen molar-refractivity contribution in [1.29, 1.82) is 0 Å². The Morgan fingerprint density at radius 3 is 2.74 bits per heavy atom. The molecule has 0 aromatic carbocycles. The van der Waals surface area contributed by atoms with E-state index in [-0.39, 0.29) is 16.5 Å². The Hall–Kier alpha value is -0.770. The summed E-state index contributed by atoms with van der Waals surface area (Å²) in [5, 5.41) is 0. The van der Waals surface area contributed by atoms with Gasteiger partial charge in [0.25, 0.3) is 0 Å². The third-order valence-electron chi connectivity index (χ3n) is 3.83. The first-order chi connectivity index (χ1) is 9.09. The largest absolute Gasteiger partial charge is 0.431 e. The zero-order chi connectivity index (χ0) is 13.9. The molecule has 3 nitrogen and oxygen atoms in total. The molecule has 1 saturated carbocycles. The molecular formula is C15H22O3S. The molecule has 0 heterocycles. The molecule has 2 rings (SSSR count). The van der Waals surface area contributed by atoms with Gasteiger partial charge in [0.05, 0.1) is 0 Å². The Morgan fingerprint density at radius 1 is 1.42 bits per heavy atom. The van der Waals surface area contributed by atoms with Crippen molar-refractivity contribution < 1.29 is 14.3 Å². The van der Waals surface area contributed by atoms with E-state index in [1.165, 1.54) is 18.9 Å². The molecule has 19 heavy (non-hydrogen) atoms. The molecule has 0 aliphatic heterocycles. The van der Waals surface area contributed by atoms with Gasteiger partial charge in [-0.3, -0.25) is 9.59 Å². The van der Waals surface area contributed by atoms with E-state index in [9.17, 15) is 9.59 Å². The van der Waals surface area contributed by atoms with Crippen LogP contribution in [0.4, 0.5) is 0 Å². The third kappa shape index (κ3) is 3.62. The first kappa shape index (κ1) is 14.6. The van der Waals surface area contributed by atoms with E-state index in [2.05, 4.69) is 6.92 Å². The van der Waals surface area contributed by atoms with Crippen molar-refractivity contribution in [3.05, 3.63) is 11.8 Å². The molecule has 1 unspecified atom stereocenters. The zero-order valence-electron chi connectivity index (χ0n) is 11.7. The van der Waals surface area contributed by atoms with Gasteiger partial charge in [-0.1, -0.05) is 13.8 Å². The maximum absolute atomic E-state index is 11.8. The van der Waals surface area contributed by atoms with E-state index in [0.29, 0.717) is 24.5 Å². The molecule has 0 amide bonds. The van der Waals surface area contributed by atoms with Gasteiger partial charge < -0.3 is 4.74 Å². The smallest absolute Gasteiger partial charge is 0.310 e. The van der Waals surface area contributed by atoms with Crippen LogP contribution in [0.15, 0.2) is 11.8 Å². The molecule has 0 radical (unpaired) electrons. The van der Waals surface area contributed by atoms with Gasteiger partial charge >= 0.3 is 5.97 Å². The van der Waals surface area contributed by atoms with Gasteiger partial charge in [-0.2, -0.15) is 11.8 Å². The Bertz CT molecular complexity index is 396. The van der Waals surface area contributed by atoms with E-state index in [1.807, 2.05) is 18.7 Å². The van der Waals surface area contributed by atoms with Crippen molar-refractivity contribution in [2.45, 2.75) is 57.1 Å². The van der Waals surface area contributed by atoms with Crippen LogP contribution in [0.5, 0.6) is 0 Å².